The molecule has 2 heterocycles. The van der Waals surface area contributed by atoms with Crippen molar-refractivity contribution >= 4 is 11.6 Å². The molecular weight excluding hydrogens is 300 g/mol. The predicted molar refractivity (Wildman–Crippen MR) is 86.5 cm³/mol. The SMILES string of the molecule is Cc1nc(-c2cccc(Cl)c2)c(C)n1-c1cnn(C)c(=O)c1. The van der Waals surface area contributed by atoms with Crippen LogP contribution >= 0.6 is 11.6 Å². The normalized spacial score (nSPS) is 10.9. The molecule has 0 aliphatic heterocycles. The molecule has 112 valence electrons. The van der Waals surface area contributed by atoms with E-state index in [1.54, 1.807) is 19.3 Å². The van der Waals surface area contributed by atoms with E-state index in [9.17, 15) is 4.79 Å². The molecule has 0 unspecified atom stereocenters. The van der Waals surface area contributed by atoms with Gasteiger partial charge in [-0.15, -0.1) is 0 Å². The van der Waals surface area contributed by atoms with Gasteiger partial charge in [-0.05, 0) is 26.0 Å². The molecule has 0 amide bonds. The van der Waals surface area contributed by atoms with Crippen molar-refractivity contribution in [3.05, 3.63) is 63.4 Å². The first kappa shape index (κ1) is 14.5. The van der Waals surface area contributed by atoms with Gasteiger partial charge in [0, 0.05) is 29.4 Å². The average Bonchev–Trinajstić information content (AvgIpc) is 2.77. The third-order valence-corrected chi connectivity index (χ3v) is 3.82. The molecule has 0 saturated carbocycles. The molecule has 0 aliphatic rings. The summed E-state index contributed by atoms with van der Waals surface area (Å²) >= 11 is 6.06. The maximum Gasteiger partial charge on any atom is 0.268 e. The number of aryl methyl sites for hydroxylation is 2. The molecule has 0 aliphatic carbocycles. The summed E-state index contributed by atoms with van der Waals surface area (Å²) in [5.41, 5.74) is 3.28. The first-order valence-electron chi connectivity index (χ1n) is 6.83. The van der Waals surface area contributed by atoms with Crippen molar-refractivity contribution in [3.8, 4) is 16.9 Å². The largest absolute Gasteiger partial charge is 0.299 e. The molecule has 0 saturated heterocycles. The van der Waals surface area contributed by atoms with E-state index in [1.807, 2.05) is 42.7 Å². The molecule has 0 spiro atoms. The molecule has 0 fully saturated rings. The van der Waals surface area contributed by atoms with Gasteiger partial charge < -0.3 is 0 Å². The molecule has 0 N–H and O–H groups in total. The summed E-state index contributed by atoms with van der Waals surface area (Å²) in [6, 6.07) is 9.12. The molecule has 0 atom stereocenters. The molecule has 5 nitrogen and oxygen atoms in total. The Morgan fingerprint density at radius 3 is 2.64 bits per heavy atom. The van der Waals surface area contributed by atoms with Gasteiger partial charge in [0.1, 0.15) is 5.82 Å². The number of nitrogens with zero attached hydrogens (tertiary/aromatic N) is 4. The summed E-state index contributed by atoms with van der Waals surface area (Å²) < 4.78 is 3.22. The van der Waals surface area contributed by atoms with Crippen LogP contribution in [0.4, 0.5) is 0 Å². The van der Waals surface area contributed by atoms with Crippen LogP contribution in [0.2, 0.25) is 5.02 Å². The third kappa shape index (κ3) is 2.44. The molecule has 0 radical (unpaired) electrons. The lowest BCUT2D eigenvalue weighted by molar-refractivity contribution is 0.700. The van der Waals surface area contributed by atoms with Crippen molar-refractivity contribution < 1.29 is 0 Å². The van der Waals surface area contributed by atoms with E-state index in [4.69, 9.17) is 11.6 Å². The fourth-order valence-corrected chi connectivity index (χ4v) is 2.70. The van der Waals surface area contributed by atoms with Gasteiger partial charge in [-0.3, -0.25) is 9.36 Å². The Morgan fingerprint density at radius 2 is 1.95 bits per heavy atom. The highest BCUT2D eigenvalue weighted by atomic mass is 35.5. The van der Waals surface area contributed by atoms with Crippen LogP contribution in [0, 0.1) is 13.8 Å². The van der Waals surface area contributed by atoms with Crippen LogP contribution in [0.25, 0.3) is 16.9 Å². The van der Waals surface area contributed by atoms with Crippen molar-refractivity contribution in [2.24, 2.45) is 7.05 Å². The molecular formula is C16H15ClN4O. The van der Waals surface area contributed by atoms with Crippen molar-refractivity contribution in [3.63, 3.8) is 0 Å². The van der Waals surface area contributed by atoms with E-state index in [-0.39, 0.29) is 5.56 Å². The summed E-state index contributed by atoms with van der Waals surface area (Å²) in [4.78, 5) is 16.4. The minimum Gasteiger partial charge on any atom is -0.299 e. The van der Waals surface area contributed by atoms with Crippen LogP contribution in [-0.4, -0.2) is 19.3 Å². The summed E-state index contributed by atoms with van der Waals surface area (Å²) in [6.07, 6.45) is 1.66. The Bertz CT molecular complexity index is 911. The summed E-state index contributed by atoms with van der Waals surface area (Å²) in [5.74, 6) is 0.794. The second kappa shape index (κ2) is 5.42. The second-order valence-corrected chi connectivity index (χ2v) is 5.55. The van der Waals surface area contributed by atoms with Gasteiger partial charge in [0.05, 0.1) is 17.6 Å². The highest BCUT2D eigenvalue weighted by Crippen LogP contribution is 2.27. The fourth-order valence-electron chi connectivity index (χ4n) is 2.51. The minimum absolute atomic E-state index is 0.158. The molecule has 22 heavy (non-hydrogen) atoms. The number of benzene rings is 1. The topological polar surface area (TPSA) is 52.7 Å². The highest BCUT2D eigenvalue weighted by Gasteiger charge is 2.15. The first-order valence-corrected chi connectivity index (χ1v) is 7.21. The van der Waals surface area contributed by atoms with E-state index >= 15 is 0 Å². The number of hydrogen-bond acceptors (Lipinski definition) is 3. The Balaban J connectivity index is 2.18. The van der Waals surface area contributed by atoms with E-state index in [1.165, 1.54) is 4.68 Å². The molecule has 6 heteroatoms. The Labute approximate surface area is 132 Å². The lowest BCUT2D eigenvalue weighted by Gasteiger charge is -2.08. The maximum absolute atomic E-state index is 11.8. The molecule has 1 aromatic carbocycles. The van der Waals surface area contributed by atoms with Gasteiger partial charge >= 0.3 is 0 Å². The van der Waals surface area contributed by atoms with Crippen LogP contribution in [0.3, 0.4) is 0 Å². The van der Waals surface area contributed by atoms with Crippen molar-refractivity contribution in [1.82, 2.24) is 19.3 Å². The lowest BCUT2D eigenvalue weighted by Crippen LogP contribution is -2.19. The monoisotopic (exact) mass is 314 g/mol. The molecule has 3 aromatic rings. The lowest BCUT2D eigenvalue weighted by atomic mass is 10.1. The van der Waals surface area contributed by atoms with Crippen molar-refractivity contribution in [2.75, 3.05) is 0 Å². The predicted octanol–water partition coefficient (Wildman–Crippen LogP) is 2.90. The Kier molecular flexibility index (Phi) is 3.58. The summed E-state index contributed by atoms with van der Waals surface area (Å²) in [7, 11) is 1.62. The Hall–Kier alpha value is -2.40. The van der Waals surface area contributed by atoms with Crippen LogP contribution in [0.15, 0.2) is 41.3 Å². The standard InChI is InChI=1S/C16H15ClN4O/c1-10-16(12-5-4-6-13(17)7-12)19-11(2)21(10)14-8-15(22)20(3)18-9-14/h4-9H,1-3H3. The van der Waals surface area contributed by atoms with Crippen LogP contribution in [-0.2, 0) is 7.05 Å². The number of imidazole rings is 1. The molecule has 2 aromatic heterocycles. The second-order valence-electron chi connectivity index (χ2n) is 5.11. The first-order chi connectivity index (χ1) is 10.5. The van der Waals surface area contributed by atoms with E-state index in [0.29, 0.717) is 10.7 Å². The zero-order valence-corrected chi connectivity index (χ0v) is 13.3. The quantitative estimate of drug-likeness (QED) is 0.731. The summed E-state index contributed by atoms with van der Waals surface area (Å²) in [6.45, 7) is 3.87. The zero-order valence-electron chi connectivity index (χ0n) is 12.5. The molecule has 3 rings (SSSR count). The van der Waals surface area contributed by atoms with Crippen LogP contribution < -0.4 is 5.56 Å². The van der Waals surface area contributed by atoms with Gasteiger partial charge in [-0.2, -0.15) is 5.10 Å². The van der Waals surface area contributed by atoms with Gasteiger partial charge in [-0.25, -0.2) is 9.67 Å². The van der Waals surface area contributed by atoms with Gasteiger partial charge in [0.15, 0.2) is 0 Å². The number of hydrogen-bond donors (Lipinski definition) is 0. The van der Waals surface area contributed by atoms with Crippen LogP contribution in [0.5, 0.6) is 0 Å². The minimum atomic E-state index is -0.158. The smallest absolute Gasteiger partial charge is 0.268 e. The van der Waals surface area contributed by atoms with Gasteiger partial charge in [0.2, 0.25) is 0 Å². The van der Waals surface area contributed by atoms with E-state index in [2.05, 4.69) is 10.1 Å². The number of halogens is 1. The summed E-state index contributed by atoms with van der Waals surface area (Å²) in [5, 5.41) is 4.73. The third-order valence-electron chi connectivity index (χ3n) is 3.59. The highest BCUT2D eigenvalue weighted by molar-refractivity contribution is 6.30. The van der Waals surface area contributed by atoms with Gasteiger partial charge in [0.25, 0.3) is 5.56 Å². The molecule has 0 bridgehead atoms. The maximum atomic E-state index is 11.8. The zero-order chi connectivity index (χ0) is 15.9. The number of rotatable bonds is 2. The van der Waals surface area contributed by atoms with Crippen LogP contribution in [0.1, 0.15) is 11.5 Å². The van der Waals surface area contributed by atoms with Gasteiger partial charge in [-0.1, -0.05) is 23.7 Å². The van der Waals surface area contributed by atoms with E-state index in [0.717, 1.165) is 22.8 Å². The number of aromatic nitrogens is 4. The van der Waals surface area contributed by atoms with Crippen molar-refractivity contribution in [2.45, 2.75) is 13.8 Å². The average molecular weight is 315 g/mol. The fraction of sp³-hybridized carbons (Fsp3) is 0.188. The van der Waals surface area contributed by atoms with E-state index < -0.39 is 0 Å². The van der Waals surface area contributed by atoms with Crippen molar-refractivity contribution in [1.29, 1.82) is 0 Å². The Morgan fingerprint density at radius 1 is 1.18 bits per heavy atom.